The molecule has 0 radical (unpaired) electrons. The molecule has 120 valence electrons. The summed E-state index contributed by atoms with van der Waals surface area (Å²) in [6.07, 6.45) is 5.53. The summed E-state index contributed by atoms with van der Waals surface area (Å²) in [6.45, 7) is 2.25. The van der Waals surface area contributed by atoms with Crippen molar-refractivity contribution in [2.75, 3.05) is 4.90 Å². The Kier molecular flexibility index (Phi) is 5.12. The topological polar surface area (TPSA) is 20.3 Å². The zero-order valence-electron chi connectivity index (χ0n) is 13.8. The Morgan fingerprint density at radius 2 is 1.52 bits per heavy atom. The van der Waals surface area contributed by atoms with Gasteiger partial charge in [0, 0.05) is 17.8 Å². The molecule has 1 aliphatic rings. The fourth-order valence-corrected chi connectivity index (χ4v) is 3.35. The number of carbonyl (C=O) groups is 1. The van der Waals surface area contributed by atoms with Gasteiger partial charge >= 0.3 is 0 Å². The highest BCUT2D eigenvalue weighted by Crippen LogP contribution is 2.41. The Balaban J connectivity index is 1.76. The molecule has 0 heterocycles. The van der Waals surface area contributed by atoms with Crippen LogP contribution in [0.3, 0.4) is 0 Å². The van der Waals surface area contributed by atoms with E-state index in [-0.39, 0.29) is 5.91 Å². The second-order valence-corrected chi connectivity index (χ2v) is 6.44. The van der Waals surface area contributed by atoms with Crippen molar-refractivity contribution in [3.05, 3.63) is 60.7 Å². The minimum absolute atomic E-state index is 0.196. The minimum Gasteiger partial charge on any atom is -0.281 e. The van der Waals surface area contributed by atoms with Crippen LogP contribution in [0.5, 0.6) is 0 Å². The number of carbonyl (C=O) groups excluding carboxylic acids is 1. The third kappa shape index (κ3) is 4.01. The summed E-state index contributed by atoms with van der Waals surface area (Å²) in [5.74, 6) is 1.78. The standard InChI is InChI=1S/C21H25NO/c1-2-17(18-13-14-18)15-16-21(23)22(19-9-5-3-6-10-19)20-11-7-4-8-12-20/h3-12,17-18H,2,13-16H2,1H3/t17-/m1/s1. The van der Waals surface area contributed by atoms with Crippen molar-refractivity contribution in [2.45, 2.75) is 39.0 Å². The molecule has 2 nitrogen and oxygen atoms in total. The van der Waals surface area contributed by atoms with Crippen LogP contribution >= 0.6 is 0 Å². The first kappa shape index (κ1) is 15.8. The van der Waals surface area contributed by atoms with Crippen molar-refractivity contribution in [2.24, 2.45) is 11.8 Å². The molecule has 2 aromatic rings. The number of hydrogen-bond donors (Lipinski definition) is 0. The maximum absolute atomic E-state index is 12.9. The van der Waals surface area contributed by atoms with E-state index in [4.69, 9.17) is 0 Å². The van der Waals surface area contributed by atoms with Crippen LogP contribution in [-0.4, -0.2) is 5.91 Å². The van der Waals surface area contributed by atoms with E-state index in [1.165, 1.54) is 19.3 Å². The molecule has 1 fully saturated rings. The average molecular weight is 307 g/mol. The van der Waals surface area contributed by atoms with Gasteiger partial charge in [0.15, 0.2) is 0 Å². The van der Waals surface area contributed by atoms with Crippen LogP contribution < -0.4 is 4.90 Å². The second-order valence-electron chi connectivity index (χ2n) is 6.44. The van der Waals surface area contributed by atoms with E-state index in [0.717, 1.165) is 23.7 Å². The molecular weight excluding hydrogens is 282 g/mol. The SMILES string of the molecule is CC[C@H](CCC(=O)N(c1ccccc1)c1ccccc1)C1CC1. The number of nitrogens with zero attached hydrogens (tertiary/aromatic N) is 1. The summed E-state index contributed by atoms with van der Waals surface area (Å²) in [5.41, 5.74) is 1.89. The molecule has 1 saturated carbocycles. The van der Waals surface area contributed by atoms with E-state index in [1.807, 2.05) is 65.6 Å². The van der Waals surface area contributed by atoms with Gasteiger partial charge in [-0.1, -0.05) is 49.7 Å². The molecule has 23 heavy (non-hydrogen) atoms. The van der Waals surface area contributed by atoms with Crippen molar-refractivity contribution in [3.63, 3.8) is 0 Å². The molecule has 0 spiro atoms. The van der Waals surface area contributed by atoms with E-state index >= 15 is 0 Å². The summed E-state index contributed by atoms with van der Waals surface area (Å²) >= 11 is 0. The number of benzene rings is 2. The molecule has 0 unspecified atom stereocenters. The first-order valence-corrected chi connectivity index (χ1v) is 8.72. The Morgan fingerprint density at radius 3 is 1.96 bits per heavy atom. The molecule has 0 bridgehead atoms. The molecular formula is C21H25NO. The fourth-order valence-electron chi connectivity index (χ4n) is 3.35. The lowest BCUT2D eigenvalue weighted by molar-refractivity contribution is -0.118. The maximum atomic E-state index is 12.9. The van der Waals surface area contributed by atoms with Gasteiger partial charge in [0.2, 0.25) is 5.91 Å². The van der Waals surface area contributed by atoms with Gasteiger partial charge in [-0.3, -0.25) is 9.69 Å². The summed E-state index contributed by atoms with van der Waals surface area (Å²) in [6, 6.07) is 19.9. The van der Waals surface area contributed by atoms with Crippen LogP contribution in [0.15, 0.2) is 60.7 Å². The molecule has 0 saturated heterocycles. The van der Waals surface area contributed by atoms with Crippen LogP contribution in [0.2, 0.25) is 0 Å². The molecule has 2 aromatic carbocycles. The minimum atomic E-state index is 0.196. The lowest BCUT2D eigenvalue weighted by atomic mass is 9.94. The van der Waals surface area contributed by atoms with Gasteiger partial charge in [-0.2, -0.15) is 0 Å². The van der Waals surface area contributed by atoms with E-state index in [9.17, 15) is 4.79 Å². The predicted octanol–water partition coefficient (Wildman–Crippen LogP) is 5.57. The number of anilines is 2. The molecule has 0 aromatic heterocycles. The Labute approximate surface area is 139 Å². The first-order chi connectivity index (χ1) is 11.3. The summed E-state index contributed by atoms with van der Waals surface area (Å²) in [5, 5.41) is 0. The van der Waals surface area contributed by atoms with E-state index in [1.54, 1.807) is 0 Å². The van der Waals surface area contributed by atoms with Gasteiger partial charge in [0.25, 0.3) is 0 Å². The Morgan fingerprint density at radius 1 is 1.00 bits per heavy atom. The van der Waals surface area contributed by atoms with Crippen LogP contribution in [0.1, 0.15) is 39.0 Å². The van der Waals surface area contributed by atoms with E-state index in [2.05, 4.69) is 6.92 Å². The van der Waals surface area contributed by atoms with Crippen molar-refractivity contribution in [1.82, 2.24) is 0 Å². The largest absolute Gasteiger partial charge is 0.281 e. The summed E-state index contributed by atoms with van der Waals surface area (Å²) in [4.78, 5) is 14.8. The zero-order chi connectivity index (χ0) is 16.1. The molecule has 3 rings (SSSR count). The Bertz CT molecular complexity index is 579. The van der Waals surface area contributed by atoms with Crippen LogP contribution in [0.25, 0.3) is 0 Å². The average Bonchev–Trinajstić information content (AvgIpc) is 3.43. The third-order valence-corrected chi connectivity index (χ3v) is 4.82. The lowest BCUT2D eigenvalue weighted by Crippen LogP contribution is -2.26. The first-order valence-electron chi connectivity index (χ1n) is 8.72. The van der Waals surface area contributed by atoms with Crippen LogP contribution in [0, 0.1) is 11.8 Å². The van der Waals surface area contributed by atoms with Gasteiger partial charge in [0.1, 0.15) is 0 Å². The molecule has 0 aliphatic heterocycles. The maximum Gasteiger partial charge on any atom is 0.231 e. The fraction of sp³-hybridized carbons (Fsp3) is 0.381. The monoisotopic (exact) mass is 307 g/mol. The number of rotatable bonds is 7. The highest BCUT2D eigenvalue weighted by atomic mass is 16.2. The second kappa shape index (κ2) is 7.45. The molecule has 1 atom stereocenters. The van der Waals surface area contributed by atoms with Crippen LogP contribution in [-0.2, 0) is 4.79 Å². The highest BCUT2D eigenvalue weighted by molar-refractivity contribution is 6.00. The van der Waals surface area contributed by atoms with Crippen LogP contribution in [0.4, 0.5) is 11.4 Å². The van der Waals surface area contributed by atoms with Crippen molar-refractivity contribution >= 4 is 17.3 Å². The Hall–Kier alpha value is -2.09. The molecule has 0 N–H and O–H groups in total. The zero-order valence-corrected chi connectivity index (χ0v) is 13.8. The van der Waals surface area contributed by atoms with Gasteiger partial charge in [0.05, 0.1) is 0 Å². The van der Waals surface area contributed by atoms with Crippen molar-refractivity contribution in [1.29, 1.82) is 0 Å². The number of para-hydroxylation sites is 2. The van der Waals surface area contributed by atoms with E-state index < -0.39 is 0 Å². The molecule has 1 amide bonds. The smallest absolute Gasteiger partial charge is 0.231 e. The predicted molar refractivity (Wildman–Crippen MR) is 95.8 cm³/mol. The van der Waals surface area contributed by atoms with Gasteiger partial charge in [-0.05, 0) is 55.4 Å². The molecule has 2 heteroatoms. The number of amides is 1. The van der Waals surface area contributed by atoms with Gasteiger partial charge in [-0.15, -0.1) is 0 Å². The van der Waals surface area contributed by atoms with Gasteiger partial charge < -0.3 is 0 Å². The quantitative estimate of drug-likeness (QED) is 0.655. The highest BCUT2D eigenvalue weighted by Gasteiger charge is 2.30. The van der Waals surface area contributed by atoms with Crippen molar-refractivity contribution < 1.29 is 4.79 Å². The van der Waals surface area contributed by atoms with Crippen molar-refractivity contribution in [3.8, 4) is 0 Å². The summed E-state index contributed by atoms with van der Waals surface area (Å²) < 4.78 is 0. The van der Waals surface area contributed by atoms with E-state index in [0.29, 0.717) is 12.3 Å². The summed E-state index contributed by atoms with van der Waals surface area (Å²) in [7, 11) is 0. The lowest BCUT2D eigenvalue weighted by Gasteiger charge is -2.24. The third-order valence-electron chi connectivity index (χ3n) is 4.82. The number of hydrogen-bond acceptors (Lipinski definition) is 1. The molecule has 1 aliphatic carbocycles. The normalized spacial score (nSPS) is 15.2. The van der Waals surface area contributed by atoms with Gasteiger partial charge in [-0.25, -0.2) is 0 Å².